The number of thiazole rings is 1. The highest BCUT2D eigenvalue weighted by Crippen LogP contribution is 2.35. The van der Waals surface area contributed by atoms with E-state index in [-0.39, 0.29) is 12.0 Å². The minimum absolute atomic E-state index is 0.197. The predicted octanol–water partition coefficient (Wildman–Crippen LogP) is 2.70. The summed E-state index contributed by atoms with van der Waals surface area (Å²) >= 11 is 1.26. The topological polar surface area (TPSA) is 71.5 Å². The van der Waals surface area contributed by atoms with E-state index in [0.29, 0.717) is 28.7 Å². The Morgan fingerprint density at radius 3 is 3.05 bits per heavy atom. The van der Waals surface area contributed by atoms with Crippen LogP contribution in [0.5, 0.6) is 0 Å². The van der Waals surface area contributed by atoms with Crippen LogP contribution in [-0.2, 0) is 11.2 Å². The number of aliphatic hydroxyl groups excluding tert-OH is 1. The predicted molar refractivity (Wildman–Crippen MR) is 85.3 cm³/mol. The van der Waals surface area contributed by atoms with Crippen molar-refractivity contribution in [2.75, 3.05) is 11.9 Å². The Kier molecular flexibility index (Phi) is 4.13. The maximum Gasteiger partial charge on any atom is 0.350 e. The number of hydrogen-bond acceptors (Lipinski definition) is 6. The summed E-state index contributed by atoms with van der Waals surface area (Å²) in [6.07, 6.45) is 0.135. The molecule has 3 rings (SSSR count). The number of anilines is 1. The molecule has 6 heteroatoms. The summed E-state index contributed by atoms with van der Waals surface area (Å²) in [5.74, 6) is -0.349. The number of aromatic nitrogens is 1. The normalized spacial score (nSPS) is 19.8. The van der Waals surface area contributed by atoms with Crippen molar-refractivity contribution in [1.82, 2.24) is 4.98 Å². The number of ether oxygens (including phenoxy) is 1. The number of hydrogen-bond donors (Lipinski definition) is 2. The van der Waals surface area contributed by atoms with Gasteiger partial charge in [-0.05, 0) is 25.0 Å². The molecule has 1 aromatic carbocycles. The Hall–Kier alpha value is -1.92. The lowest BCUT2D eigenvalue weighted by Crippen LogP contribution is -2.21. The number of nitrogens with one attached hydrogen (secondary N) is 1. The molecule has 1 aliphatic carbocycles. The second-order valence-corrected chi connectivity index (χ2v) is 6.25. The minimum Gasteiger partial charge on any atom is -0.462 e. The lowest BCUT2D eigenvalue weighted by Gasteiger charge is -2.17. The standard InChI is InChI=1S/C16H18N2O3S/c1-3-21-15(20)14-9(2)17-16(22-14)18-13-11-7-5-4-6-10(11)8-12(13)19/h4-7,12-13,19H,3,8H2,1-2H3,(H,17,18)/t12-,13+/m1/s1. The van der Waals surface area contributed by atoms with Gasteiger partial charge < -0.3 is 15.2 Å². The highest BCUT2D eigenvalue weighted by molar-refractivity contribution is 7.17. The summed E-state index contributed by atoms with van der Waals surface area (Å²) in [6.45, 7) is 3.90. The number of rotatable bonds is 4. The molecule has 116 valence electrons. The van der Waals surface area contributed by atoms with Gasteiger partial charge in [0.05, 0.1) is 24.4 Å². The maximum atomic E-state index is 11.8. The Morgan fingerprint density at radius 2 is 2.27 bits per heavy atom. The highest BCUT2D eigenvalue weighted by Gasteiger charge is 2.31. The van der Waals surface area contributed by atoms with Crippen LogP contribution in [-0.4, -0.2) is 28.8 Å². The molecular formula is C16H18N2O3S. The largest absolute Gasteiger partial charge is 0.462 e. The van der Waals surface area contributed by atoms with E-state index in [0.717, 1.165) is 11.1 Å². The van der Waals surface area contributed by atoms with Crippen LogP contribution in [0, 0.1) is 6.92 Å². The van der Waals surface area contributed by atoms with Gasteiger partial charge in [0.2, 0.25) is 0 Å². The summed E-state index contributed by atoms with van der Waals surface area (Å²) < 4.78 is 5.02. The lowest BCUT2D eigenvalue weighted by molar-refractivity contribution is 0.0531. The van der Waals surface area contributed by atoms with Crippen LogP contribution in [0.15, 0.2) is 24.3 Å². The first kappa shape index (κ1) is 15.0. The molecule has 0 fully saturated rings. The van der Waals surface area contributed by atoms with Crippen molar-refractivity contribution >= 4 is 22.4 Å². The van der Waals surface area contributed by atoms with Crippen LogP contribution in [0.4, 0.5) is 5.13 Å². The zero-order valence-electron chi connectivity index (χ0n) is 12.5. The van der Waals surface area contributed by atoms with Crippen molar-refractivity contribution in [3.05, 3.63) is 46.0 Å². The first-order valence-corrected chi connectivity index (χ1v) is 8.08. The van der Waals surface area contributed by atoms with Crippen LogP contribution in [0.3, 0.4) is 0 Å². The van der Waals surface area contributed by atoms with Crippen molar-refractivity contribution in [1.29, 1.82) is 0 Å². The number of fused-ring (bicyclic) bond motifs is 1. The van der Waals surface area contributed by atoms with Crippen LogP contribution in [0.2, 0.25) is 0 Å². The van der Waals surface area contributed by atoms with Crippen molar-refractivity contribution in [2.24, 2.45) is 0 Å². The third-order valence-electron chi connectivity index (χ3n) is 3.74. The fourth-order valence-electron chi connectivity index (χ4n) is 2.73. The average Bonchev–Trinajstić information content (AvgIpc) is 3.01. The summed E-state index contributed by atoms with van der Waals surface area (Å²) in [6, 6.07) is 7.77. The molecule has 2 aromatic rings. The minimum atomic E-state index is -0.493. The number of aliphatic hydroxyl groups is 1. The molecule has 2 atom stereocenters. The molecule has 0 bridgehead atoms. The molecule has 1 heterocycles. The lowest BCUT2D eigenvalue weighted by atomic mass is 10.1. The van der Waals surface area contributed by atoms with Crippen LogP contribution >= 0.6 is 11.3 Å². The smallest absolute Gasteiger partial charge is 0.350 e. The molecule has 5 nitrogen and oxygen atoms in total. The highest BCUT2D eigenvalue weighted by atomic mass is 32.1. The van der Waals surface area contributed by atoms with Gasteiger partial charge in [-0.25, -0.2) is 9.78 Å². The van der Waals surface area contributed by atoms with E-state index in [1.165, 1.54) is 11.3 Å². The van der Waals surface area contributed by atoms with Gasteiger partial charge in [0.15, 0.2) is 5.13 Å². The van der Waals surface area contributed by atoms with Crippen LogP contribution in [0.1, 0.15) is 39.5 Å². The van der Waals surface area contributed by atoms with Gasteiger partial charge in [-0.1, -0.05) is 35.6 Å². The second-order valence-electron chi connectivity index (χ2n) is 5.25. The van der Waals surface area contributed by atoms with Crippen LogP contribution < -0.4 is 5.32 Å². The van der Waals surface area contributed by atoms with Gasteiger partial charge in [0.1, 0.15) is 4.88 Å². The summed E-state index contributed by atoms with van der Waals surface area (Å²) in [4.78, 5) is 16.7. The quantitative estimate of drug-likeness (QED) is 0.848. The van der Waals surface area contributed by atoms with E-state index in [1.54, 1.807) is 13.8 Å². The second kappa shape index (κ2) is 6.06. The summed E-state index contributed by atoms with van der Waals surface area (Å²) in [7, 11) is 0. The van der Waals surface area contributed by atoms with Crippen LogP contribution in [0.25, 0.3) is 0 Å². The fraction of sp³-hybridized carbons (Fsp3) is 0.375. The first-order chi connectivity index (χ1) is 10.6. The van der Waals surface area contributed by atoms with Gasteiger partial charge >= 0.3 is 5.97 Å². The Balaban J connectivity index is 1.82. The number of carbonyl (C=O) groups excluding carboxylic acids is 1. The average molecular weight is 318 g/mol. The summed E-state index contributed by atoms with van der Waals surface area (Å²) in [5, 5.41) is 14.1. The van der Waals surface area contributed by atoms with Gasteiger partial charge in [-0.3, -0.25) is 0 Å². The van der Waals surface area contributed by atoms with E-state index in [1.807, 2.05) is 24.3 Å². The molecule has 0 amide bonds. The third-order valence-corrected chi connectivity index (χ3v) is 4.81. The van der Waals surface area contributed by atoms with E-state index in [4.69, 9.17) is 4.74 Å². The Labute approximate surface area is 133 Å². The Bertz CT molecular complexity index is 698. The SMILES string of the molecule is CCOC(=O)c1sc(N[C@H]2c3ccccc3C[C@H]2O)nc1C. The fourth-order valence-corrected chi connectivity index (χ4v) is 3.62. The van der Waals surface area contributed by atoms with E-state index < -0.39 is 6.10 Å². The molecule has 1 aromatic heterocycles. The number of benzene rings is 1. The number of carbonyl (C=O) groups is 1. The molecule has 22 heavy (non-hydrogen) atoms. The number of aryl methyl sites for hydroxylation is 1. The van der Waals surface area contributed by atoms with Crippen molar-refractivity contribution in [3.8, 4) is 0 Å². The van der Waals surface area contributed by atoms with Gasteiger partial charge in [0.25, 0.3) is 0 Å². The van der Waals surface area contributed by atoms with E-state index >= 15 is 0 Å². The van der Waals surface area contributed by atoms with Crippen molar-refractivity contribution < 1.29 is 14.6 Å². The summed E-state index contributed by atoms with van der Waals surface area (Å²) in [5.41, 5.74) is 2.87. The molecule has 0 radical (unpaired) electrons. The van der Waals surface area contributed by atoms with Gasteiger partial charge in [-0.15, -0.1) is 0 Å². The van der Waals surface area contributed by atoms with Gasteiger partial charge in [0, 0.05) is 6.42 Å². The monoisotopic (exact) mass is 318 g/mol. The molecule has 0 spiro atoms. The molecule has 2 N–H and O–H groups in total. The van der Waals surface area contributed by atoms with Gasteiger partial charge in [-0.2, -0.15) is 0 Å². The molecular weight excluding hydrogens is 300 g/mol. The van der Waals surface area contributed by atoms with Crippen molar-refractivity contribution in [2.45, 2.75) is 32.4 Å². The molecule has 0 saturated carbocycles. The zero-order valence-corrected chi connectivity index (χ0v) is 13.3. The molecule has 1 aliphatic rings. The maximum absolute atomic E-state index is 11.8. The van der Waals surface area contributed by atoms with Crippen molar-refractivity contribution in [3.63, 3.8) is 0 Å². The third kappa shape index (κ3) is 2.71. The first-order valence-electron chi connectivity index (χ1n) is 7.27. The Morgan fingerprint density at radius 1 is 1.50 bits per heavy atom. The zero-order chi connectivity index (χ0) is 15.7. The van der Waals surface area contributed by atoms with E-state index in [2.05, 4.69) is 10.3 Å². The molecule has 0 unspecified atom stereocenters. The molecule has 0 saturated heterocycles. The number of esters is 1. The van der Waals surface area contributed by atoms with E-state index in [9.17, 15) is 9.90 Å². The number of nitrogens with zero attached hydrogens (tertiary/aromatic N) is 1. The molecule has 0 aliphatic heterocycles.